The molecule has 10 rings (SSSR count). The van der Waals surface area contributed by atoms with Gasteiger partial charge in [-0.15, -0.1) is 0 Å². The summed E-state index contributed by atoms with van der Waals surface area (Å²) in [6.07, 6.45) is -0.486. The monoisotopic (exact) mass is 649 g/mol. The molecule has 0 saturated carbocycles. The molecule has 50 heavy (non-hydrogen) atoms. The third-order valence-electron chi connectivity index (χ3n) is 9.43. The Bertz CT molecular complexity index is 3520. The highest BCUT2D eigenvalue weighted by molar-refractivity contribution is 6.16. The van der Waals surface area contributed by atoms with Gasteiger partial charge in [0.25, 0.3) is 0 Å². The fraction of sp³-hybridized carbons (Fsp3) is 0.0204. The van der Waals surface area contributed by atoms with E-state index in [-0.39, 0.29) is 38.2 Å². The molecule has 0 unspecified atom stereocenters. The molecule has 0 bridgehead atoms. The fourth-order valence-corrected chi connectivity index (χ4v) is 7.11. The highest BCUT2D eigenvalue weighted by atomic mass is 16.3. The molecular weight excluding hydrogens is 605 g/mol. The molecule has 0 fully saturated rings. The SMILES string of the molecule is [2H]c1c([2H])c([2H])c(Cc2c3c([2H])c([2H])c([2H])c([2H])c3c(-c3ccc4cc(-c5cccc6c5oc5ccc(-c7ccccc7)cc56)ccc4c3)c3c([2H])c([2H])c([2H])c([2H])c23)c([2H])c1[2H]. The number of fused-ring (bicyclic) bond motifs is 6. The quantitative estimate of drug-likeness (QED) is 0.169. The van der Waals surface area contributed by atoms with Crippen molar-refractivity contribution in [1.82, 2.24) is 0 Å². The maximum atomic E-state index is 9.27. The Morgan fingerprint density at radius 1 is 0.440 bits per heavy atom. The van der Waals surface area contributed by atoms with E-state index < -0.39 is 85.0 Å². The summed E-state index contributed by atoms with van der Waals surface area (Å²) in [5.41, 5.74) is 5.82. The molecule has 0 aliphatic rings. The van der Waals surface area contributed by atoms with Gasteiger partial charge in [0, 0.05) is 16.3 Å². The second kappa shape index (κ2) is 11.6. The van der Waals surface area contributed by atoms with Crippen LogP contribution in [0.15, 0.2) is 186 Å². The average Bonchev–Trinajstić information content (AvgIpc) is 3.69. The Balaban J connectivity index is 1.20. The van der Waals surface area contributed by atoms with Crippen molar-refractivity contribution in [1.29, 1.82) is 0 Å². The largest absolute Gasteiger partial charge is 0.455 e. The summed E-state index contributed by atoms with van der Waals surface area (Å²) < 4.78 is 120. The van der Waals surface area contributed by atoms with Crippen molar-refractivity contribution in [3.05, 3.63) is 193 Å². The molecule has 9 aromatic carbocycles. The number of hydrogen-bond donors (Lipinski definition) is 0. The van der Waals surface area contributed by atoms with Crippen LogP contribution in [0, 0.1) is 0 Å². The smallest absolute Gasteiger partial charge is 0.143 e. The molecule has 1 aromatic heterocycles. The van der Waals surface area contributed by atoms with E-state index in [0.717, 1.165) is 55.0 Å². The van der Waals surface area contributed by atoms with Crippen molar-refractivity contribution in [3.8, 4) is 33.4 Å². The van der Waals surface area contributed by atoms with E-state index in [9.17, 15) is 5.48 Å². The maximum absolute atomic E-state index is 9.27. The molecular formula is C49H32O. The van der Waals surface area contributed by atoms with Gasteiger partial charge in [0.2, 0.25) is 0 Å². The van der Waals surface area contributed by atoms with E-state index in [4.69, 9.17) is 16.8 Å². The molecule has 0 N–H and O–H groups in total. The Kier molecular flexibility index (Phi) is 4.26. The molecule has 0 aliphatic carbocycles. The number of benzene rings is 9. The summed E-state index contributed by atoms with van der Waals surface area (Å²) in [5, 5.41) is 3.33. The minimum Gasteiger partial charge on any atom is -0.455 e. The second-order valence-corrected chi connectivity index (χ2v) is 12.3. The van der Waals surface area contributed by atoms with Gasteiger partial charge in [-0.3, -0.25) is 0 Å². The van der Waals surface area contributed by atoms with E-state index in [1.807, 2.05) is 78.9 Å². The zero-order valence-electron chi connectivity index (χ0n) is 39.4. The normalized spacial score (nSPS) is 15.3. The molecule has 234 valence electrons. The van der Waals surface area contributed by atoms with E-state index in [1.165, 1.54) is 0 Å². The third-order valence-corrected chi connectivity index (χ3v) is 9.43. The first-order valence-corrected chi connectivity index (χ1v) is 16.2. The molecule has 0 amide bonds. The zero-order valence-corrected chi connectivity index (χ0v) is 26.4. The van der Waals surface area contributed by atoms with Crippen LogP contribution in [0.4, 0.5) is 0 Å². The van der Waals surface area contributed by atoms with Crippen LogP contribution in [-0.4, -0.2) is 0 Å². The zero-order chi connectivity index (χ0) is 44.3. The minimum absolute atomic E-state index is 0.0113. The standard InChI is InChI=1S/C49H32O/c1-3-12-32(13-4-1)28-45-40-16-7-9-18-42(40)48(43-19-10-8-17-41(43)45)38-25-23-34-29-37(24-22-35(34)30-38)39-20-11-21-44-46-31-36(33-14-5-2-6-15-33)26-27-47(46)50-49(39)44/h1-27,29-31H,28H2/i1D,3D,4D,7D,8D,9D,10D,12D,13D,16D,17D,18D,19D. The summed E-state index contributed by atoms with van der Waals surface area (Å²) in [4.78, 5) is 0. The molecule has 1 heteroatoms. The summed E-state index contributed by atoms with van der Waals surface area (Å²) in [6, 6.07) is 26.6. The summed E-state index contributed by atoms with van der Waals surface area (Å²) in [6.45, 7) is 0. The number of hydrogen-bond acceptors (Lipinski definition) is 1. The fourth-order valence-electron chi connectivity index (χ4n) is 7.11. The lowest BCUT2D eigenvalue weighted by Gasteiger charge is -2.18. The van der Waals surface area contributed by atoms with Gasteiger partial charge in [-0.2, -0.15) is 0 Å². The van der Waals surface area contributed by atoms with Crippen molar-refractivity contribution in [2.45, 2.75) is 6.42 Å². The minimum atomic E-state index is -0.615. The van der Waals surface area contributed by atoms with Crippen LogP contribution in [0.3, 0.4) is 0 Å². The van der Waals surface area contributed by atoms with Gasteiger partial charge < -0.3 is 4.42 Å². The molecule has 0 aliphatic heterocycles. The van der Waals surface area contributed by atoms with Crippen molar-refractivity contribution >= 4 is 54.3 Å². The molecule has 0 saturated heterocycles. The van der Waals surface area contributed by atoms with Gasteiger partial charge in [0.15, 0.2) is 0 Å². The first-order valence-electron chi connectivity index (χ1n) is 22.7. The van der Waals surface area contributed by atoms with Crippen LogP contribution in [0.2, 0.25) is 0 Å². The van der Waals surface area contributed by atoms with Crippen molar-refractivity contribution < 1.29 is 22.2 Å². The lowest BCUT2D eigenvalue weighted by Crippen LogP contribution is -1.95. The van der Waals surface area contributed by atoms with Crippen molar-refractivity contribution in [3.63, 3.8) is 0 Å². The van der Waals surface area contributed by atoms with Gasteiger partial charge in [0.1, 0.15) is 11.2 Å². The molecule has 1 heterocycles. The molecule has 1 nitrogen and oxygen atoms in total. The highest BCUT2D eigenvalue weighted by Gasteiger charge is 2.17. The first kappa shape index (κ1) is 18.4. The summed E-state index contributed by atoms with van der Waals surface area (Å²) >= 11 is 0. The van der Waals surface area contributed by atoms with Crippen LogP contribution in [0.25, 0.3) is 87.6 Å². The van der Waals surface area contributed by atoms with Crippen LogP contribution in [-0.2, 0) is 6.42 Å². The van der Waals surface area contributed by atoms with E-state index >= 15 is 0 Å². The Morgan fingerprint density at radius 3 is 1.82 bits per heavy atom. The lowest BCUT2D eigenvalue weighted by molar-refractivity contribution is 0.670. The summed E-state index contributed by atoms with van der Waals surface area (Å²) in [7, 11) is 0. The number of para-hydroxylation sites is 1. The Morgan fingerprint density at radius 2 is 1.08 bits per heavy atom. The van der Waals surface area contributed by atoms with Crippen LogP contribution < -0.4 is 0 Å². The van der Waals surface area contributed by atoms with Crippen LogP contribution >= 0.6 is 0 Å². The molecule has 0 atom stereocenters. The first-order chi connectivity index (χ1) is 30.2. The maximum Gasteiger partial charge on any atom is 0.143 e. The predicted molar refractivity (Wildman–Crippen MR) is 212 cm³/mol. The Labute approximate surface area is 308 Å². The second-order valence-electron chi connectivity index (χ2n) is 12.3. The third kappa shape index (κ3) is 4.70. The number of rotatable bonds is 5. The van der Waals surface area contributed by atoms with Crippen LogP contribution in [0.1, 0.15) is 28.9 Å². The van der Waals surface area contributed by atoms with E-state index in [0.29, 0.717) is 5.56 Å². The van der Waals surface area contributed by atoms with Gasteiger partial charge in [-0.25, -0.2) is 0 Å². The lowest BCUT2D eigenvalue weighted by atomic mass is 9.86. The van der Waals surface area contributed by atoms with E-state index in [2.05, 4.69) is 18.2 Å². The van der Waals surface area contributed by atoms with Gasteiger partial charge in [-0.1, -0.05) is 157 Å². The van der Waals surface area contributed by atoms with Crippen molar-refractivity contribution in [2.24, 2.45) is 0 Å². The van der Waals surface area contributed by atoms with Gasteiger partial charge in [0.05, 0.1) is 17.8 Å². The van der Waals surface area contributed by atoms with Crippen molar-refractivity contribution in [2.75, 3.05) is 0 Å². The highest BCUT2D eigenvalue weighted by Crippen LogP contribution is 2.42. The van der Waals surface area contributed by atoms with E-state index in [1.54, 1.807) is 6.07 Å². The topological polar surface area (TPSA) is 13.1 Å². The molecule has 0 spiro atoms. The average molecular weight is 650 g/mol. The predicted octanol–water partition coefficient (Wildman–Crippen LogP) is 13.6. The Hall–Kier alpha value is -6.44. The van der Waals surface area contributed by atoms with Gasteiger partial charge >= 0.3 is 0 Å². The number of furan rings is 1. The van der Waals surface area contributed by atoms with Crippen LogP contribution in [0.5, 0.6) is 0 Å². The molecule has 10 aromatic rings. The molecule has 0 radical (unpaired) electrons. The van der Waals surface area contributed by atoms with Gasteiger partial charge in [-0.05, 0) is 102 Å². The summed E-state index contributed by atoms with van der Waals surface area (Å²) in [5.74, 6) is 0.